The first-order valence-electron chi connectivity index (χ1n) is 12.6. The van der Waals surface area contributed by atoms with Crippen LogP contribution in [0.4, 0.5) is 24.5 Å². The highest BCUT2D eigenvalue weighted by atomic mass is 32.3. The lowest BCUT2D eigenvalue weighted by Crippen LogP contribution is -2.43. The van der Waals surface area contributed by atoms with E-state index in [0.717, 1.165) is 12.8 Å². The second-order valence-corrected chi connectivity index (χ2v) is 11.9. The number of alkyl halides is 3. The molecule has 9 nitrogen and oxygen atoms in total. The van der Waals surface area contributed by atoms with E-state index >= 15 is 0 Å². The van der Waals surface area contributed by atoms with Crippen LogP contribution in [-0.4, -0.2) is 74.3 Å². The normalized spacial score (nSPS) is 15.4. The van der Waals surface area contributed by atoms with Gasteiger partial charge in [0.2, 0.25) is 0 Å². The van der Waals surface area contributed by atoms with Crippen LogP contribution in [0, 0.1) is 11.8 Å². The molecule has 1 amide bonds. The minimum atomic E-state index is -4.44. The van der Waals surface area contributed by atoms with Crippen molar-refractivity contribution in [2.24, 2.45) is 0 Å². The number of likely N-dealkylation sites (tertiary alicyclic amines) is 1. The fourth-order valence-electron chi connectivity index (χ4n) is 4.67. The van der Waals surface area contributed by atoms with Gasteiger partial charge in [0.1, 0.15) is 6.54 Å². The first kappa shape index (κ1) is 29.6. The second kappa shape index (κ2) is 12.4. The molecule has 13 heteroatoms. The van der Waals surface area contributed by atoms with Gasteiger partial charge in [0.25, 0.3) is 5.91 Å². The van der Waals surface area contributed by atoms with Crippen LogP contribution in [0.5, 0.6) is 0 Å². The van der Waals surface area contributed by atoms with E-state index in [2.05, 4.69) is 22.5 Å². The standard InChI is InChI=1S/C27H32F3N5O4S/c1-40(38,39)22-9-7-19(8-10-22)31-13-3-4-21-16-23-24(5-2-6-25(23)35(21)18-27(28,29)30)32-20-11-14-34(15-12-20)17-26(36)33-37/h2,5-10,16,20,31-32,37-39H,11-15,17-18H2,1H3,(H,33,36). The van der Waals surface area contributed by atoms with Gasteiger partial charge >= 0.3 is 6.18 Å². The lowest BCUT2D eigenvalue weighted by atomic mass is 10.0. The third-order valence-electron chi connectivity index (χ3n) is 6.62. The zero-order valence-electron chi connectivity index (χ0n) is 21.8. The Kier molecular flexibility index (Phi) is 9.17. The predicted octanol–water partition coefficient (Wildman–Crippen LogP) is 4.79. The molecule has 0 radical (unpaired) electrons. The number of halogens is 3. The highest BCUT2D eigenvalue weighted by molar-refractivity contribution is 8.23. The van der Waals surface area contributed by atoms with Gasteiger partial charge in [0, 0.05) is 42.1 Å². The Labute approximate surface area is 231 Å². The number of nitrogens with zero attached hydrogens (tertiary/aromatic N) is 2. The Hall–Kier alpha value is -3.41. The summed E-state index contributed by atoms with van der Waals surface area (Å²) >= 11 is 0. The molecule has 40 heavy (non-hydrogen) atoms. The van der Waals surface area contributed by atoms with Crippen LogP contribution < -0.4 is 16.1 Å². The van der Waals surface area contributed by atoms with Crippen LogP contribution in [0.2, 0.25) is 0 Å². The SMILES string of the molecule is CS(O)(O)c1ccc(NCC#Cc2cc3c(NC4CCN(CC(=O)NO)CC4)cccc3n2CC(F)(F)F)cc1. The van der Waals surface area contributed by atoms with Crippen molar-refractivity contribution < 1.29 is 32.3 Å². The van der Waals surface area contributed by atoms with Crippen molar-refractivity contribution in [2.75, 3.05) is 43.1 Å². The first-order valence-corrected chi connectivity index (χ1v) is 14.6. The van der Waals surface area contributed by atoms with Gasteiger partial charge in [0.05, 0.1) is 29.2 Å². The fourth-order valence-corrected chi connectivity index (χ4v) is 5.32. The number of hydrogen-bond donors (Lipinski definition) is 6. The second-order valence-electron chi connectivity index (χ2n) is 9.71. The summed E-state index contributed by atoms with van der Waals surface area (Å²) < 4.78 is 61.1. The van der Waals surface area contributed by atoms with E-state index in [1.807, 2.05) is 11.0 Å². The van der Waals surface area contributed by atoms with Crippen LogP contribution >= 0.6 is 10.6 Å². The van der Waals surface area contributed by atoms with Gasteiger partial charge in [0.15, 0.2) is 0 Å². The number of nitrogens with one attached hydrogen (secondary N) is 3. The molecule has 1 saturated heterocycles. The van der Waals surface area contributed by atoms with Gasteiger partial charge < -0.3 is 15.2 Å². The minimum absolute atomic E-state index is 0.0752. The van der Waals surface area contributed by atoms with E-state index in [4.69, 9.17) is 5.21 Å². The molecule has 0 unspecified atom stereocenters. The summed E-state index contributed by atoms with van der Waals surface area (Å²) in [6, 6.07) is 13.5. The van der Waals surface area contributed by atoms with Crippen molar-refractivity contribution in [1.82, 2.24) is 14.9 Å². The summed E-state index contributed by atoms with van der Waals surface area (Å²) in [4.78, 5) is 13.7. The number of fused-ring (bicyclic) bond motifs is 1. The molecule has 1 aliphatic heterocycles. The van der Waals surface area contributed by atoms with Crippen LogP contribution in [0.3, 0.4) is 0 Å². The quantitative estimate of drug-likeness (QED) is 0.129. The van der Waals surface area contributed by atoms with Crippen LogP contribution in [0.25, 0.3) is 10.9 Å². The molecular weight excluding hydrogens is 547 g/mol. The lowest BCUT2D eigenvalue weighted by molar-refractivity contribution is -0.140. The molecule has 216 valence electrons. The average molecular weight is 580 g/mol. The summed E-state index contributed by atoms with van der Waals surface area (Å²) in [6.07, 6.45) is -1.63. The number of carbonyl (C=O) groups excluding carboxylic acids is 1. The Bertz CT molecular complexity index is 1390. The van der Waals surface area contributed by atoms with E-state index in [1.165, 1.54) is 10.8 Å². The third-order valence-corrected chi connectivity index (χ3v) is 7.79. The maximum Gasteiger partial charge on any atom is 0.406 e. The summed E-state index contributed by atoms with van der Waals surface area (Å²) in [5, 5.41) is 15.9. The third kappa shape index (κ3) is 7.83. The summed E-state index contributed by atoms with van der Waals surface area (Å²) in [5.41, 5.74) is 3.70. The van der Waals surface area contributed by atoms with Gasteiger partial charge in [-0.15, -0.1) is 0 Å². The molecule has 0 bridgehead atoms. The Balaban J connectivity index is 1.50. The number of carbonyl (C=O) groups is 1. The fraction of sp³-hybridized carbons (Fsp3) is 0.370. The van der Waals surface area contributed by atoms with Gasteiger partial charge in [-0.25, -0.2) is 5.48 Å². The molecule has 1 aromatic heterocycles. The summed E-state index contributed by atoms with van der Waals surface area (Å²) in [5.74, 6) is 5.29. The van der Waals surface area contributed by atoms with Crippen molar-refractivity contribution in [3.63, 3.8) is 0 Å². The molecule has 0 spiro atoms. The summed E-state index contributed by atoms with van der Waals surface area (Å²) in [7, 11) is -2.82. The van der Waals surface area contributed by atoms with E-state index in [9.17, 15) is 27.1 Å². The number of rotatable bonds is 8. The largest absolute Gasteiger partial charge is 0.406 e. The Morgan fingerprint density at radius 3 is 2.45 bits per heavy atom. The summed E-state index contributed by atoms with van der Waals surface area (Å²) in [6.45, 7) is 0.389. The number of benzene rings is 2. The van der Waals surface area contributed by atoms with E-state index in [1.54, 1.807) is 47.9 Å². The number of aromatic nitrogens is 1. The smallest absolute Gasteiger partial charge is 0.382 e. The van der Waals surface area contributed by atoms with Gasteiger partial charge in [-0.2, -0.15) is 23.8 Å². The van der Waals surface area contributed by atoms with Crippen molar-refractivity contribution in [3.8, 4) is 11.8 Å². The van der Waals surface area contributed by atoms with E-state index in [-0.39, 0.29) is 24.8 Å². The number of hydrogen-bond acceptors (Lipinski definition) is 7. The van der Waals surface area contributed by atoms with Crippen LogP contribution in [0.15, 0.2) is 53.4 Å². The molecule has 1 fully saturated rings. The van der Waals surface area contributed by atoms with Crippen molar-refractivity contribution in [2.45, 2.75) is 36.5 Å². The minimum Gasteiger partial charge on any atom is -0.382 e. The average Bonchev–Trinajstić information content (AvgIpc) is 3.24. The number of anilines is 2. The van der Waals surface area contributed by atoms with E-state index in [0.29, 0.717) is 40.3 Å². The highest BCUT2D eigenvalue weighted by Gasteiger charge is 2.30. The van der Waals surface area contributed by atoms with Crippen molar-refractivity contribution >= 4 is 38.8 Å². The number of hydroxylamine groups is 1. The van der Waals surface area contributed by atoms with Gasteiger partial charge in [-0.1, -0.05) is 12.0 Å². The zero-order chi connectivity index (χ0) is 28.9. The molecule has 3 aromatic rings. The lowest BCUT2D eigenvalue weighted by Gasteiger charge is -2.32. The van der Waals surface area contributed by atoms with Crippen molar-refractivity contribution in [3.05, 3.63) is 54.2 Å². The van der Waals surface area contributed by atoms with Crippen LogP contribution in [-0.2, 0) is 11.3 Å². The Morgan fingerprint density at radius 2 is 1.82 bits per heavy atom. The molecule has 4 rings (SSSR count). The van der Waals surface area contributed by atoms with Gasteiger partial charge in [-0.05, 0) is 61.2 Å². The predicted molar refractivity (Wildman–Crippen MR) is 150 cm³/mol. The first-order chi connectivity index (χ1) is 18.9. The maximum absolute atomic E-state index is 13.5. The van der Waals surface area contributed by atoms with E-state index < -0.39 is 29.2 Å². The maximum atomic E-state index is 13.5. The molecule has 1 aliphatic rings. The van der Waals surface area contributed by atoms with Crippen LogP contribution in [0.1, 0.15) is 18.5 Å². The van der Waals surface area contributed by atoms with Gasteiger partial charge in [-0.3, -0.25) is 24.0 Å². The Morgan fingerprint density at radius 1 is 1.12 bits per heavy atom. The number of amides is 1. The number of piperidine rings is 1. The van der Waals surface area contributed by atoms with Crippen molar-refractivity contribution in [1.29, 1.82) is 0 Å². The topological polar surface area (TPSA) is 122 Å². The zero-order valence-corrected chi connectivity index (χ0v) is 22.6. The highest BCUT2D eigenvalue weighted by Crippen LogP contribution is 2.44. The molecule has 0 saturated carbocycles. The molecule has 6 N–H and O–H groups in total. The molecule has 0 aliphatic carbocycles. The molecule has 2 aromatic carbocycles. The monoisotopic (exact) mass is 579 g/mol. The molecular formula is C27H32F3N5O4S. The molecule has 2 heterocycles. The molecule has 0 atom stereocenters.